The van der Waals surface area contributed by atoms with E-state index in [1.165, 1.54) is 23.5 Å². The topological polar surface area (TPSA) is 67.3 Å². The fourth-order valence-electron chi connectivity index (χ4n) is 2.29. The summed E-state index contributed by atoms with van der Waals surface area (Å²) in [6.45, 7) is 1.63. The highest BCUT2D eigenvalue weighted by Gasteiger charge is 2.14. The molecule has 1 N–H and O–H groups in total. The van der Waals surface area contributed by atoms with Crippen molar-refractivity contribution in [1.82, 2.24) is 15.1 Å². The number of nitrogens with zero attached hydrogens (tertiary/aromatic N) is 3. The molecule has 0 fully saturated rings. The first-order valence-electron chi connectivity index (χ1n) is 8.46. The highest BCUT2D eigenvalue weighted by Crippen LogP contribution is 2.17. The molecular formula is C19H18ClFN4O2S. The maximum Gasteiger partial charge on any atom is 0.286 e. The Morgan fingerprint density at radius 2 is 1.89 bits per heavy atom. The minimum atomic E-state index is -0.312. The number of carbonyl (C=O) groups is 1. The van der Waals surface area contributed by atoms with Crippen molar-refractivity contribution in [3.8, 4) is 5.75 Å². The minimum Gasteiger partial charge on any atom is -0.492 e. The number of hydrogen-bond acceptors (Lipinski definition) is 6. The molecule has 1 heterocycles. The minimum absolute atomic E-state index is 0.293. The fraction of sp³-hybridized carbons (Fsp3) is 0.211. The zero-order chi connectivity index (χ0) is 19.9. The van der Waals surface area contributed by atoms with Crippen LogP contribution in [0.4, 0.5) is 10.1 Å². The lowest BCUT2D eigenvalue weighted by atomic mass is 10.3. The monoisotopic (exact) mass is 420 g/mol. The number of anilines is 1. The third-order valence-electron chi connectivity index (χ3n) is 3.72. The summed E-state index contributed by atoms with van der Waals surface area (Å²) in [7, 11) is 1.92. The van der Waals surface area contributed by atoms with Gasteiger partial charge in [0.1, 0.15) is 23.2 Å². The number of hydrogen-bond donors (Lipinski definition) is 1. The summed E-state index contributed by atoms with van der Waals surface area (Å²) >= 11 is 7.07. The first kappa shape index (κ1) is 20.2. The number of carbonyl (C=O) groups excluding carboxylic acids is 1. The Morgan fingerprint density at radius 3 is 2.61 bits per heavy atom. The van der Waals surface area contributed by atoms with Gasteiger partial charge in [-0.25, -0.2) is 4.39 Å². The van der Waals surface area contributed by atoms with E-state index in [1.54, 1.807) is 36.4 Å². The molecule has 0 unspecified atom stereocenters. The predicted molar refractivity (Wildman–Crippen MR) is 108 cm³/mol. The van der Waals surface area contributed by atoms with Crippen molar-refractivity contribution >= 4 is 34.5 Å². The highest BCUT2D eigenvalue weighted by atomic mass is 35.5. The second-order valence-corrected chi connectivity index (χ2v) is 7.50. The van der Waals surface area contributed by atoms with Gasteiger partial charge in [0.15, 0.2) is 0 Å². The van der Waals surface area contributed by atoms with E-state index < -0.39 is 0 Å². The molecule has 146 valence electrons. The van der Waals surface area contributed by atoms with Gasteiger partial charge in [0.25, 0.3) is 5.91 Å². The number of ether oxygens (including phenoxy) is 1. The van der Waals surface area contributed by atoms with Crippen LogP contribution >= 0.6 is 22.9 Å². The second kappa shape index (κ2) is 9.59. The van der Waals surface area contributed by atoms with Crippen LogP contribution in [0.5, 0.6) is 5.75 Å². The van der Waals surface area contributed by atoms with Crippen molar-refractivity contribution in [3.63, 3.8) is 0 Å². The van der Waals surface area contributed by atoms with Crippen molar-refractivity contribution in [1.29, 1.82) is 0 Å². The molecule has 0 atom stereocenters. The maximum atomic E-state index is 12.9. The quantitative estimate of drug-likeness (QED) is 0.594. The van der Waals surface area contributed by atoms with Gasteiger partial charge in [-0.05, 0) is 55.6 Å². The van der Waals surface area contributed by atoms with E-state index in [9.17, 15) is 9.18 Å². The van der Waals surface area contributed by atoms with Gasteiger partial charge in [0.2, 0.25) is 5.01 Å². The fourth-order valence-corrected chi connectivity index (χ4v) is 3.23. The van der Waals surface area contributed by atoms with Crippen LogP contribution in [0.2, 0.25) is 5.02 Å². The Balaban J connectivity index is 1.45. The number of likely N-dealkylation sites (N-methyl/N-ethyl adjacent to an activating group) is 1. The first-order valence-corrected chi connectivity index (χ1v) is 9.65. The van der Waals surface area contributed by atoms with Crippen LogP contribution in [0.1, 0.15) is 14.8 Å². The van der Waals surface area contributed by atoms with E-state index in [1.807, 2.05) is 11.9 Å². The molecule has 0 spiro atoms. The summed E-state index contributed by atoms with van der Waals surface area (Å²) in [6.07, 6.45) is 0. The normalized spacial score (nSPS) is 10.9. The summed E-state index contributed by atoms with van der Waals surface area (Å²) in [5.41, 5.74) is 0.640. The maximum absolute atomic E-state index is 12.9. The van der Waals surface area contributed by atoms with Crippen molar-refractivity contribution in [2.45, 2.75) is 6.54 Å². The van der Waals surface area contributed by atoms with Gasteiger partial charge >= 0.3 is 0 Å². The van der Waals surface area contributed by atoms with Gasteiger partial charge < -0.3 is 10.1 Å². The molecule has 1 aromatic heterocycles. The third-order valence-corrected chi connectivity index (χ3v) is 4.88. The van der Waals surface area contributed by atoms with E-state index in [0.29, 0.717) is 41.2 Å². The van der Waals surface area contributed by atoms with Crippen LogP contribution in [0.25, 0.3) is 0 Å². The van der Waals surface area contributed by atoms with Crippen molar-refractivity contribution in [3.05, 3.63) is 69.4 Å². The van der Waals surface area contributed by atoms with Gasteiger partial charge in [-0.15, -0.1) is 10.2 Å². The lowest BCUT2D eigenvalue weighted by Crippen LogP contribution is -2.23. The number of nitrogens with one attached hydrogen (secondary N) is 1. The summed E-state index contributed by atoms with van der Waals surface area (Å²) < 4.78 is 18.4. The Bertz CT molecular complexity index is 918. The van der Waals surface area contributed by atoms with Gasteiger partial charge in [-0.1, -0.05) is 22.9 Å². The molecule has 0 saturated carbocycles. The van der Waals surface area contributed by atoms with Gasteiger partial charge in [-0.2, -0.15) is 0 Å². The van der Waals surface area contributed by atoms with Crippen LogP contribution in [0.15, 0.2) is 48.5 Å². The van der Waals surface area contributed by atoms with Gasteiger partial charge in [-0.3, -0.25) is 9.69 Å². The molecule has 0 bridgehead atoms. The van der Waals surface area contributed by atoms with E-state index in [2.05, 4.69) is 15.5 Å². The van der Waals surface area contributed by atoms with Gasteiger partial charge in [0, 0.05) is 17.3 Å². The molecule has 3 rings (SSSR count). The van der Waals surface area contributed by atoms with E-state index in [-0.39, 0.29) is 11.7 Å². The zero-order valence-corrected chi connectivity index (χ0v) is 16.6. The molecule has 0 aliphatic rings. The average molecular weight is 421 g/mol. The van der Waals surface area contributed by atoms with Crippen molar-refractivity contribution in [2.75, 3.05) is 25.5 Å². The number of aromatic nitrogens is 2. The average Bonchev–Trinajstić information content (AvgIpc) is 3.14. The summed E-state index contributed by atoms with van der Waals surface area (Å²) in [5.74, 6) is 0.0110. The second-order valence-electron chi connectivity index (χ2n) is 6.00. The molecule has 0 saturated heterocycles. The SMILES string of the molecule is CN(CCOc1ccc(F)cc1)Cc1nnc(C(=O)Nc2ccc(Cl)cc2)s1. The molecule has 1 amide bonds. The molecule has 2 aromatic carbocycles. The Hall–Kier alpha value is -2.55. The van der Waals surface area contributed by atoms with Crippen LogP contribution in [0.3, 0.4) is 0 Å². The molecule has 0 radical (unpaired) electrons. The van der Waals surface area contributed by atoms with Crippen molar-refractivity contribution in [2.24, 2.45) is 0 Å². The number of amides is 1. The first-order chi connectivity index (χ1) is 13.5. The summed E-state index contributed by atoms with van der Waals surface area (Å²) in [5, 5.41) is 12.4. The Morgan fingerprint density at radius 1 is 1.18 bits per heavy atom. The smallest absolute Gasteiger partial charge is 0.286 e. The van der Waals surface area contributed by atoms with Gasteiger partial charge in [0.05, 0.1) is 6.54 Å². The van der Waals surface area contributed by atoms with Crippen LogP contribution in [-0.2, 0) is 6.54 Å². The third kappa shape index (κ3) is 5.98. The predicted octanol–water partition coefficient (Wildman–Crippen LogP) is 4.09. The Kier molecular flexibility index (Phi) is 6.91. The molecule has 28 heavy (non-hydrogen) atoms. The standard InChI is InChI=1S/C19H18ClFN4O2S/c1-25(10-11-27-16-8-4-14(21)5-9-16)12-17-23-24-19(28-17)18(26)22-15-6-2-13(20)3-7-15/h2-9H,10-12H2,1H3,(H,22,26). The van der Waals surface area contributed by atoms with E-state index in [4.69, 9.17) is 16.3 Å². The summed E-state index contributed by atoms with van der Waals surface area (Å²) in [4.78, 5) is 14.3. The Labute approximate surface area is 170 Å². The highest BCUT2D eigenvalue weighted by molar-refractivity contribution is 7.13. The largest absolute Gasteiger partial charge is 0.492 e. The molecule has 3 aromatic rings. The number of benzene rings is 2. The van der Waals surface area contributed by atoms with E-state index >= 15 is 0 Å². The lowest BCUT2D eigenvalue weighted by molar-refractivity contribution is 0.102. The van der Waals surface area contributed by atoms with Crippen molar-refractivity contribution < 1.29 is 13.9 Å². The molecule has 0 aliphatic carbocycles. The molecule has 6 nitrogen and oxygen atoms in total. The van der Waals surface area contributed by atoms with Crippen LogP contribution in [0, 0.1) is 5.82 Å². The number of rotatable bonds is 8. The molecular weight excluding hydrogens is 403 g/mol. The van der Waals surface area contributed by atoms with Crippen LogP contribution in [-0.4, -0.2) is 41.2 Å². The van der Waals surface area contributed by atoms with Crippen LogP contribution < -0.4 is 10.1 Å². The number of halogens is 2. The molecule has 0 aliphatic heterocycles. The van der Waals surface area contributed by atoms with E-state index in [0.717, 1.165) is 5.01 Å². The zero-order valence-electron chi connectivity index (χ0n) is 15.1. The molecule has 9 heteroatoms. The lowest BCUT2D eigenvalue weighted by Gasteiger charge is -2.15. The summed E-state index contributed by atoms with van der Waals surface area (Å²) in [6, 6.07) is 12.7.